The largest absolute Gasteiger partial charge is 0.350 e. The topological polar surface area (TPSA) is 27.3 Å². The molecule has 3 aromatic rings. The average Bonchev–Trinajstić information content (AvgIpc) is 2.72. The Balaban J connectivity index is 2.15. The van der Waals surface area contributed by atoms with Gasteiger partial charge >= 0.3 is 0 Å². The van der Waals surface area contributed by atoms with Crippen molar-refractivity contribution in [3.8, 4) is 0 Å². The van der Waals surface area contributed by atoms with E-state index in [0.717, 1.165) is 16.7 Å². The summed E-state index contributed by atoms with van der Waals surface area (Å²) in [6, 6.07) is 31.3. The van der Waals surface area contributed by atoms with Gasteiger partial charge in [-0.3, -0.25) is 4.90 Å². The van der Waals surface area contributed by atoms with E-state index in [2.05, 4.69) is 83.4 Å². The van der Waals surface area contributed by atoms with Crippen molar-refractivity contribution < 1.29 is 0 Å². The van der Waals surface area contributed by atoms with E-state index in [1.54, 1.807) is 0 Å². The van der Waals surface area contributed by atoms with Crippen LogP contribution < -0.4 is 10.6 Å². The van der Waals surface area contributed by atoms with Gasteiger partial charge in [-0.05, 0) is 43.0 Å². The van der Waals surface area contributed by atoms with E-state index in [4.69, 9.17) is 12.2 Å². The van der Waals surface area contributed by atoms with E-state index >= 15 is 0 Å². The maximum Gasteiger partial charge on any atom is 0.168 e. The third-order valence-electron chi connectivity index (χ3n) is 4.48. The summed E-state index contributed by atoms with van der Waals surface area (Å²) in [4.78, 5) is 2.04. The predicted molar refractivity (Wildman–Crippen MR) is 117 cm³/mol. The zero-order valence-electron chi connectivity index (χ0n) is 15.7. The summed E-state index contributed by atoms with van der Waals surface area (Å²) >= 11 is 5.67. The van der Waals surface area contributed by atoms with E-state index in [1.165, 1.54) is 0 Å². The van der Waals surface area contributed by atoms with Gasteiger partial charge in [0, 0.05) is 0 Å². The molecule has 4 heteroatoms. The minimum atomic E-state index is -0.583. The third-order valence-corrected chi connectivity index (χ3v) is 4.72. The number of benzene rings is 3. The van der Waals surface area contributed by atoms with Gasteiger partial charge in [-0.1, -0.05) is 91.0 Å². The van der Waals surface area contributed by atoms with Crippen molar-refractivity contribution in [3.05, 3.63) is 108 Å². The molecule has 0 spiro atoms. The van der Waals surface area contributed by atoms with Gasteiger partial charge in [0.25, 0.3) is 0 Å². The SMILES string of the molecule is CN(C)CNC(=S)NC(c1ccccc1)(c1ccccc1)c1ccccc1. The van der Waals surface area contributed by atoms with Gasteiger partial charge in [-0.15, -0.1) is 0 Å². The summed E-state index contributed by atoms with van der Waals surface area (Å²) in [5.41, 5.74) is 2.82. The first kappa shape index (κ1) is 19.1. The minimum absolute atomic E-state index is 0.583. The standard InChI is InChI=1S/C23H25N3S/c1-26(2)18-24-22(27)25-23(19-12-6-3-7-13-19,20-14-8-4-9-15-20)21-16-10-5-11-17-21/h3-17H,18H2,1-2H3,(H2,24,25,27). The van der Waals surface area contributed by atoms with E-state index in [0.29, 0.717) is 11.8 Å². The number of hydrogen-bond acceptors (Lipinski definition) is 2. The van der Waals surface area contributed by atoms with Crippen molar-refractivity contribution >= 4 is 17.3 Å². The van der Waals surface area contributed by atoms with Gasteiger partial charge in [0.05, 0.1) is 6.67 Å². The Labute approximate surface area is 167 Å². The van der Waals surface area contributed by atoms with Crippen molar-refractivity contribution in [2.45, 2.75) is 5.54 Å². The number of hydrogen-bond donors (Lipinski definition) is 2. The van der Waals surface area contributed by atoms with E-state index in [9.17, 15) is 0 Å². The highest BCUT2D eigenvalue weighted by Gasteiger charge is 2.36. The summed E-state index contributed by atoms with van der Waals surface area (Å²) in [7, 11) is 4.02. The first-order valence-corrected chi connectivity index (χ1v) is 9.41. The molecule has 0 aliphatic heterocycles. The van der Waals surface area contributed by atoms with Crippen LogP contribution >= 0.6 is 12.2 Å². The Kier molecular flexibility index (Phi) is 6.22. The molecule has 0 saturated carbocycles. The molecule has 0 aliphatic rings. The highest BCUT2D eigenvalue weighted by molar-refractivity contribution is 7.80. The normalized spacial score (nSPS) is 11.2. The lowest BCUT2D eigenvalue weighted by Gasteiger charge is -2.38. The fourth-order valence-electron chi connectivity index (χ4n) is 3.23. The van der Waals surface area contributed by atoms with Crippen LogP contribution in [0.1, 0.15) is 16.7 Å². The zero-order chi connectivity index (χ0) is 19.1. The van der Waals surface area contributed by atoms with E-state index < -0.39 is 5.54 Å². The maximum absolute atomic E-state index is 5.67. The van der Waals surface area contributed by atoms with Gasteiger partial charge in [0.1, 0.15) is 5.54 Å². The Bertz CT molecular complexity index is 752. The molecule has 0 bridgehead atoms. The summed E-state index contributed by atoms with van der Waals surface area (Å²) in [5, 5.41) is 7.53. The molecule has 0 fully saturated rings. The molecule has 2 N–H and O–H groups in total. The average molecular weight is 376 g/mol. The molecule has 3 nitrogen and oxygen atoms in total. The molecular weight excluding hydrogens is 350 g/mol. The van der Waals surface area contributed by atoms with Crippen molar-refractivity contribution in [2.24, 2.45) is 0 Å². The molecule has 0 amide bonds. The van der Waals surface area contributed by atoms with E-state index in [-0.39, 0.29) is 0 Å². The lowest BCUT2D eigenvalue weighted by Crippen LogP contribution is -2.52. The first-order valence-electron chi connectivity index (χ1n) is 9.00. The molecule has 0 aromatic heterocycles. The summed E-state index contributed by atoms with van der Waals surface area (Å²) < 4.78 is 0. The number of thiocarbonyl (C=S) groups is 1. The van der Waals surface area contributed by atoms with Crippen LogP contribution in [0.25, 0.3) is 0 Å². The summed E-state index contributed by atoms with van der Waals surface area (Å²) in [6.45, 7) is 0.667. The van der Waals surface area contributed by atoms with Crippen LogP contribution in [0.4, 0.5) is 0 Å². The molecule has 0 heterocycles. The number of nitrogens with one attached hydrogen (secondary N) is 2. The van der Waals surface area contributed by atoms with Crippen LogP contribution in [0.2, 0.25) is 0 Å². The van der Waals surface area contributed by atoms with Crippen LogP contribution in [-0.2, 0) is 5.54 Å². The summed E-state index contributed by atoms with van der Waals surface area (Å²) in [5.74, 6) is 0. The van der Waals surface area contributed by atoms with Crippen LogP contribution in [-0.4, -0.2) is 30.8 Å². The Morgan fingerprint density at radius 3 is 1.44 bits per heavy atom. The first-order chi connectivity index (χ1) is 13.1. The second-order valence-electron chi connectivity index (χ2n) is 6.72. The zero-order valence-corrected chi connectivity index (χ0v) is 16.5. The fourth-order valence-corrected chi connectivity index (χ4v) is 3.44. The molecular formula is C23H25N3S. The monoisotopic (exact) mass is 375 g/mol. The Morgan fingerprint density at radius 1 is 0.741 bits per heavy atom. The maximum atomic E-state index is 5.67. The second-order valence-corrected chi connectivity index (χ2v) is 7.13. The molecule has 27 heavy (non-hydrogen) atoms. The van der Waals surface area contributed by atoms with Gasteiger partial charge in [0.15, 0.2) is 5.11 Å². The van der Waals surface area contributed by atoms with Crippen molar-refractivity contribution in [3.63, 3.8) is 0 Å². The van der Waals surface area contributed by atoms with Crippen molar-refractivity contribution in [1.29, 1.82) is 0 Å². The predicted octanol–water partition coefficient (Wildman–Crippen LogP) is 3.96. The highest BCUT2D eigenvalue weighted by Crippen LogP contribution is 2.36. The Morgan fingerprint density at radius 2 is 1.11 bits per heavy atom. The van der Waals surface area contributed by atoms with Gasteiger partial charge < -0.3 is 10.6 Å². The highest BCUT2D eigenvalue weighted by atomic mass is 32.1. The molecule has 138 valence electrons. The van der Waals surface area contributed by atoms with Crippen molar-refractivity contribution in [2.75, 3.05) is 20.8 Å². The molecule has 0 atom stereocenters. The lowest BCUT2D eigenvalue weighted by atomic mass is 9.77. The molecule has 0 radical (unpaired) electrons. The molecule has 0 saturated heterocycles. The third kappa shape index (κ3) is 4.35. The van der Waals surface area contributed by atoms with Crippen LogP contribution in [0, 0.1) is 0 Å². The van der Waals surface area contributed by atoms with Crippen LogP contribution in [0.3, 0.4) is 0 Å². The number of rotatable bonds is 6. The fraction of sp³-hybridized carbons (Fsp3) is 0.174. The smallest absolute Gasteiger partial charge is 0.168 e. The lowest BCUT2D eigenvalue weighted by molar-refractivity contribution is 0.396. The van der Waals surface area contributed by atoms with Gasteiger partial charge in [-0.2, -0.15) is 0 Å². The number of nitrogens with zero attached hydrogens (tertiary/aromatic N) is 1. The van der Waals surface area contributed by atoms with Gasteiger partial charge in [0.2, 0.25) is 0 Å². The minimum Gasteiger partial charge on any atom is -0.350 e. The van der Waals surface area contributed by atoms with Crippen LogP contribution in [0.15, 0.2) is 91.0 Å². The molecule has 0 aliphatic carbocycles. The Hall–Kier alpha value is -2.69. The molecule has 0 unspecified atom stereocenters. The van der Waals surface area contributed by atoms with Crippen LogP contribution in [0.5, 0.6) is 0 Å². The second kappa shape index (κ2) is 8.80. The molecule has 3 aromatic carbocycles. The summed E-state index contributed by atoms with van der Waals surface area (Å²) in [6.07, 6.45) is 0. The quantitative estimate of drug-likeness (QED) is 0.387. The van der Waals surface area contributed by atoms with Crippen molar-refractivity contribution in [1.82, 2.24) is 15.5 Å². The van der Waals surface area contributed by atoms with Gasteiger partial charge in [-0.25, -0.2) is 0 Å². The molecule has 3 rings (SSSR count). The van der Waals surface area contributed by atoms with E-state index in [1.807, 2.05) is 37.2 Å².